The zero-order chi connectivity index (χ0) is 18.9. The molecule has 140 valence electrons. The van der Waals surface area contributed by atoms with Crippen molar-refractivity contribution in [3.8, 4) is 0 Å². The maximum Gasteiger partial charge on any atom is 0.243 e. The Labute approximate surface area is 155 Å². The summed E-state index contributed by atoms with van der Waals surface area (Å²) >= 11 is 0. The molecule has 5 nitrogen and oxygen atoms in total. The lowest BCUT2D eigenvalue weighted by molar-refractivity contribution is 0.334. The molecule has 1 fully saturated rings. The zero-order valence-electron chi connectivity index (χ0n) is 14.9. The lowest BCUT2D eigenvalue weighted by atomic mass is 10.1. The van der Waals surface area contributed by atoms with E-state index >= 15 is 0 Å². The van der Waals surface area contributed by atoms with Crippen molar-refractivity contribution in [2.75, 3.05) is 11.5 Å². The van der Waals surface area contributed by atoms with Crippen molar-refractivity contribution in [2.24, 2.45) is 0 Å². The number of sulfone groups is 1. The number of rotatable bonds is 5. The van der Waals surface area contributed by atoms with Crippen LogP contribution in [0.5, 0.6) is 0 Å². The summed E-state index contributed by atoms with van der Waals surface area (Å²) in [5, 5.41) is 0. The summed E-state index contributed by atoms with van der Waals surface area (Å²) in [4.78, 5) is 0.209. The lowest BCUT2D eigenvalue weighted by Gasteiger charge is -2.27. The van der Waals surface area contributed by atoms with E-state index in [-0.39, 0.29) is 22.9 Å². The smallest absolute Gasteiger partial charge is 0.229 e. The molecule has 1 aliphatic heterocycles. The Hall–Kier alpha value is -1.70. The van der Waals surface area contributed by atoms with Crippen LogP contribution in [-0.2, 0) is 26.4 Å². The van der Waals surface area contributed by atoms with Gasteiger partial charge in [0, 0.05) is 12.6 Å². The zero-order valence-corrected chi connectivity index (χ0v) is 16.6. The van der Waals surface area contributed by atoms with Gasteiger partial charge in [-0.2, -0.15) is 4.31 Å². The molecule has 0 bridgehead atoms. The van der Waals surface area contributed by atoms with Gasteiger partial charge in [0.1, 0.15) is 0 Å². The number of nitrogens with zero attached hydrogens (tertiary/aromatic N) is 1. The van der Waals surface area contributed by atoms with Crippen molar-refractivity contribution in [1.29, 1.82) is 0 Å². The maximum atomic E-state index is 13.3. The Morgan fingerprint density at radius 3 is 2.31 bits per heavy atom. The maximum absolute atomic E-state index is 13.3. The monoisotopic (exact) mass is 393 g/mol. The van der Waals surface area contributed by atoms with E-state index in [0.29, 0.717) is 6.42 Å². The molecule has 1 heterocycles. The van der Waals surface area contributed by atoms with Gasteiger partial charge in [-0.25, -0.2) is 16.8 Å². The van der Waals surface area contributed by atoms with Crippen molar-refractivity contribution in [3.05, 3.63) is 65.2 Å². The molecule has 2 aromatic rings. The van der Waals surface area contributed by atoms with Crippen molar-refractivity contribution < 1.29 is 16.8 Å². The van der Waals surface area contributed by atoms with E-state index in [1.54, 1.807) is 18.2 Å². The Morgan fingerprint density at radius 2 is 1.73 bits per heavy atom. The molecule has 0 amide bonds. The molecule has 0 unspecified atom stereocenters. The van der Waals surface area contributed by atoms with Gasteiger partial charge in [0.15, 0.2) is 9.84 Å². The molecular formula is C19H23NO4S2. The van der Waals surface area contributed by atoms with E-state index in [2.05, 4.69) is 0 Å². The third-order valence-corrected chi connectivity index (χ3v) is 8.53. The van der Waals surface area contributed by atoms with Crippen LogP contribution in [0.2, 0.25) is 0 Å². The Bertz CT molecular complexity index is 999. The van der Waals surface area contributed by atoms with Gasteiger partial charge in [0.05, 0.1) is 16.4 Å². The first kappa shape index (κ1) is 19.1. The highest BCUT2D eigenvalue weighted by molar-refractivity contribution is 7.92. The summed E-state index contributed by atoms with van der Waals surface area (Å²) in [6.45, 7) is 3.96. The van der Waals surface area contributed by atoms with Gasteiger partial charge < -0.3 is 0 Å². The molecule has 26 heavy (non-hydrogen) atoms. The quantitative estimate of drug-likeness (QED) is 0.783. The van der Waals surface area contributed by atoms with E-state index in [4.69, 9.17) is 0 Å². The van der Waals surface area contributed by atoms with Crippen LogP contribution in [0.3, 0.4) is 0 Å². The largest absolute Gasteiger partial charge is 0.243 e. The van der Waals surface area contributed by atoms with Crippen LogP contribution >= 0.6 is 0 Å². The number of benzene rings is 2. The average molecular weight is 394 g/mol. The van der Waals surface area contributed by atoms with E-state index in [0.717, 1.165) is 16.7 Å². The van der Waals surface area contributed by atoms with Crippen LogP contribution in [-0.4, -0.2) is 38.7 Å². The minimum absolute atomic E-state index is 0.0331. The molecule has 0 spiro atoms. The van der Waals surface area contributed by atoms with Gasteiger partial charge >= 0.3 is 0 Å². The topological polar surface area (TPSA) is 71.5 Å². The summed E-state index contributed by atoms with van der Waals surface area (Å²) in [7, 11) is -7.00. The van der Waals surface area contributed by atoms with Crippen LogP contribution < -0.4 is 0 Å². The van der Waals surface area contributed by atoms with Crippen LogP contribution in [0.1, 0.15) is 23.1 Å². The molecule has 2 aromatic carbocycles. The Balaban J connectivity index is 2.02. The van der Waals surface area contributed by atoms with Crippen molar-refractivity contribution in [1.82, 2.24) is 4.31 Å². The molecule has 1 atom stereocenters. The molecule has 7 heteroatoms. The summed E-state index contributed by atoms with van der Waals surface area (Å²) in [5.74, 6) is -0.0880. The summed E-state index contributed by atoms with van der Waals surface area (Å²) in [6.07, 6.45) is 0.333. The standard InChI is InChI=1S/C19H23NO4S2/c1-15-8-9-19(12-16(15)2)26(23,24)20(13-17-6-4-3-5-7-17)18-10-11-25(21,22)14-18/h3-9,12,18H,10-11,13-14H2,1-2H3/t18-/m0/s1. The molecule has 1 saturated heterocycles. The Kier molecular flexibility index (Phi) is 5.23. The first-order valence-electron chi connectivity index (χ1n) is 8.52. The number of sulfonamides is 1. The molecular weight excluding hydrogens is 370 g/mol. The van der Waals surface area contributed by atoms with E-state index < -0.39 is 25.9 Å². The minimum Gasteiger partial charge on any atom is -0.229 e. The van der Waals surface area contributed by atoms with Gasteiger partial charge in [0.2, 0.25) is 10.0 Å². The molecule has 0 N–H and O–H groups in total. The normalized spacial score (nSPS) is 19.7. The lowest BCUT2D eigenvalue weighted by Crippen LogP contribution is -2.40. The van der Waals surface area contributed by atoms with Gasteiger partial charge in [-0.3, -0.25) is 0 Å². The number of aryl methyl sites for hydroxylation is 2. The number of hydrogen-bond donors (Lipinski definition) is 0. The molecule has 0 aromatic heterocycles. The van der Waals surface area contributed by atoms with Crippen molar-refractivity contribution in [3.63, 3.8) is 0 Å². The van der Waals surface area contributed by atoms with E-state index in [1.165, 1.54) is 4.31 Å². The van der Waals surface area contributed by atoms with Gasteiger partial charge in [-0.1, -0.05) is 36.4 Å². The van der Waals surface area contributed by atoms with Crippen LogP contribution in [0.4, 0.5) is 0 Å². The predicted octanol–water partition coefficient (Wildman–Crippen LogP) is 2.68. The molecule has 3 rings (SSSR count). The molecule has 0 radical (unpaired) electrons. The van der Waals surface area contributed by atoms with Gasteiger partial charge in [-0.05, 0) is 49.1 Å². The van der Waals surface area contributed by atoms with Crippen LogP contribution in [0, 0.1) is 13.8 Å². The Morgan fingerprint density at radius 1 is 1.04 bits per heavy atom. The number of hydrogen-bond acceptors (Lipinski definition) is 4. The van der Waals surface area contributed by atoms with Crippen molar-refractivity contribution >= 4 is 19.9 Å². The first-order valence-corrected chi connectivity index (χ1v) is 11.8. The highest BCUT2D eigenvalue weighted by Gasteiger charge is 2.38. The fraction of sp³-hybridized carbons (Fsp3) is 0.368. The summed E-state index contributed by atoms with van der Waals surface area (Å²) < 4.78 is 51.9. The van der Waals surface area contributed by atoms with Crippen LogP contribution in [0.25, 0.3) is 0 Å². The first-order chi connectivity index (χ1) is 12.2. The SMILES string of the molecule is Cc1ccc(S(=O)(=O)N(Cc2ccccc2)[C@H]2CCS(=O)(=O)C2)cc1C. The third-order valence-electron chi connectivity index (χ3n) is 4.88. The highest BCUT2D eigenvalue weighted by atomic mass is 32.2. The minimum atomic E-state index is -3.80. The fourth-order valence-electron chi connectivity index (χ4n) is 3.19. The predicted molar refractivity (Wildman–Crippen MR) is 102 cm³/mol. The van der Waals surface area contributed by atoms with Crippen LogP contribution in [0.15, 0.2) is 53.4 Å². The third kappa shape index (κ3) is 4.00. The molecule has 0 aliphatic carbocycles. The van der Waals surface area contributed by atoms with E-state index in [9.17, 15) is 16.8 Å². The summed E-state index contributed by atoms with van der Waals surface area (Å²) in [5.41, 5.74) is 2.75. The second-order valence-electron chi connectivity index (χ2n) is 6.84. The second kappa shape index (κ2) is 7.13. The van der Waals surface area contributed by atoms with Gasteiger partial charge in [-0.15, -0.1) is 0 Å². The molecule has 0 saturated carbocycles. The highest BCUT2D eigenvalue weighted by Crippen LogP contribution is 2.28. The molecule has 1 aliphatic rings. The van der Waals surface area contributed by atoms with Crippen molar-refractivity contribution in [2.45, 2.75) is 37.8 Å². The van der Waals surface area contributed by atoms with Gasteiger partial charge in [0.25, 0.3) is 0 Å². The average Bonchev–Trinajstić information content (AvgIpc) is 2.95. The second-order valence-corrected chi connectivity index (χ2v) is 11.0. The fourth-order valence-corrected chi connectivity index (χ4v) is 6.74. The van der Waals surface area contributed by atoms with E-state index in [1.807, 2.05) is 44.2 Å². The summed E-state index contributed by atoms with van der Waals surface area (Å²) in [6, 6.07) is 13.8.